The molecule has 150 valence electrons. The minimum absolute atomic E-state index is 0.0958. The highest BCUT2D eigenvalue weighted by Gasteiger charge is 2.63. The lowest BCUT2D eigenvalue weighted by atomic mass is 9.82. The van der Waals surface area contributed by atoms with Gasteiger partial charge in [0.2, 0.25) is 5.78 Å². The van der Waals surface area contributed by atoms with E-state index >= 15 is 0 Å². The summed E-state index contributed by atoms with van der Waals surface area (Å²) in [5, 5.41) is 10.7. The topological polar surface area (TPSA) is 106 Å². The van der Waals surface area contributed by atoms with E-state index in [1.165, 1.54) is 6.92 Å². The normalized spacial score (nSPS) is 43.4. The minimum Gasteiger partial charge on any atom is -0.459 e. The first-order valence-electron chi connectivity index (χ1n) is 9.28. The van der Waals surface area contributed by atoms with Crippen molar-refractivity contribution in [3.63, 3.8) is 0 Å². The van der Waals surface area contributed by atoms with Crippen molar-refractivity contribution in [1.82, 2.24) is 4.90 Å². The highest BCUT2D eigenvalue weighted by Crippen LogP contribution is 2.45. The van der Waals surface area contributed by atoms with Crippen molar-refractivity contribution in [2.24, 2.45) is 5.92 Å². The van der Waals surface area contributed by atoms with Crippen LogP contribution >= 0.6 is 0 Å². The number of hydrogen-bond donors (Lipinski definition) is 1. The van der Waals surface area contributed by atoms with Gasteiger partial charge in [-0.2, -0.15) is 0 Å². The number of rotatable bonds is 0. The zero-order valence-electron chi connectivity index (χ0n) is 16.2. The molecule has 0 aromatic rings. The van der Waals surface area contributed by atoms with Gasteiger partial charge in [0.1, 0.15) is 6.61 Å². The number of Topliss-reactive ketones (excluding diaryl/α,β-unsaturated/α-hetero) is 1. The van der Waals surface area contributed by atoms with E-state index in [2.05, 4.69) is 0 Å². The van der Waals surface area contributed by atoms with Crippen LogP contribution in [0.1, 0.15) is 33.6 Å². The number of ether oxygens (including phenoxy) is 3. The summed E-state index contributed by atoms with van der Waals surface area (Å²) in [5.74, 6) is -2.43. The molecule has 5 atom stereocenters. The van der Waals surface area contributed by atoms with Crippen molar-refractivity contribution < 1.29 is 33.7 Å². The van der Waals surface area contributed by atoms with Crippen LogP contribution in [0, 0.1) is 5.92 Å². The average Bonchev–Trinajstić information content (AvgIpc) is 3.26. The number of esters is 2. The van der Waals surface area contributed by atoms with E-state index in [1.807, 2.05) is 11.9 Å². The Labute approximate surface area is 158 Å². The summed E-state index contributed by atoms with van der Waals surface area (Å²) in [6, 6.07) is 0. The molecule has 1 spiro atoms. The van der Waals surface area contributed by atoms with Gasteiger partial charge in [0.05, 0.1) is 6.10 Å². The molecule has 3 rings (SSSR count). The molecule has 0 radical (unpaired) electrons. The van der Waals surface area contributed by atoms with Crippen LogP contribution in [-0.2, 0) is 28.6 Å². The number of carbonyl (C=O) groups is 3. The van der Waals surface area contributed by atoms with Gasteiger partial charge in [-0.3, -0.25) is 4.79 Å². The summed E-state index contributed by atoms with van der Waals surface area (Å²) in [6.45, 7) is 5.57. The van der Waals surface area contributed by atoms with Gasteiger partial charge in [0.15, 0.2) is 17.3 Å². The molecule has 27 heavy (non-hydrogen) atoms. The lowest BCUT2D eigenvalue weighted by molar-refractivity contribution is -0.173. The fourth-order valence-electron chi connectivity index (χ4n) is 3.54. The molecule has 2 fully saturated rings. The number of ketones is 1. The Bertz CT molecular complexity index is 686. The van der Waals surface area contributed by atoms with E-state index in [1.54, 1.807) is 19.9 Å². The maximum atomic E-state index is 12.9. The van der Waals surface area contributed by atoms with E-state index < -0.39 is 41.3 Å². The molecular formula is C19H27NO7. The summed E-state index contributed by atoms with van der Waals surface area (Å²) >= 11 is 0. The fraction of sp³-hybridized carbons (Fsp3) is 0.737. The van der Waals surface area contributed by atoms with Crippen molar-refractivity contribution in [2.45, 2.75) is 57.0 Å². The van der Waals surface area contributed by atoms with E-state index in [4.69, 9.17) is 14.2 Å². The van der Waals surface area contributed by atoms with Crippen LogP contribution < -0.4 is 0 Å². The van der Waals surface area contributed by atoms with Crippen LogP contribution in [0.5, 0.6) is 0 Å². The summed E-state index contributed by atoms with van der Waals surface area (Å²) in [7, 11) is 1.89. The Morgan fingerprint density at radius 1 is 1.22 bits per heavy atom. The van der Waals surface area contributed by atoms with Crippen molar-refractivity contribution >= 4 is 17.7 Å². The number of fused-ring (bicyclic) bond motifs is 2. The van der Waals surface area contributed by atoms with Gasteiger partial charge in [-0.25, -0.2) is 9.59 Å². The number of cyclic esters (lactones) is 1. The van der Waals surface area contributed by atoms with Gasteiger partial charge in [0.25, 0.3) is 0 Å². The molecule has 0 aromatic carbocycles. The second kappa shape index (κ2) is 7.00. The molecule has 0 saturated carbocycles. The number of carbonyl (C=O) groups excluding carboxylic acids is 3. The first-order valence-corrected chi connectivity index (χ1v) is 9.28. The third-order valence-electron chi connectivity index (χ3n) is 5.95. The average molecular weight is 381 g/mol. The molecule has 3 aliphatic rings. The zero-order chi connectivity index (χ0) is 20.0. The van der Waals surface area contributed by atoms with Crippen LogP contribution in [0.3, 0.4) is 0 Å². The van der Waals surface area contributed by atoms with Crippen LogP contribution in [0.25, 0.3) is 0 Å². The Balaban J connectivity index is 1.97. The molecule has 3 heterocycles. The molecule has 2 bridgehead atoms. The van der Waals surface area contributed by atoms with Crippen molar-refractivity contribution in [3.05, 3.63) is 11.6 Å². The van der Waals surface area contributed by atoms with Crippen molar-refractivity contribution in [2.75, 3.05) is 26.7 Å². The Kier molecular flexibility index (Phi) is 5.18. The van der Waals surface area contributed by atoms with Gasteiger partial charge in [-0.05, 0) is 33.2 Å². The van der Waals surface area contributed by atoms with E-state index in [0.29, 0.717) is 19.5 Å². The van der Waals surface area contributed by atoms with Gasteiger partial charge in [-0.1, -0.05) is 13.0 Å². The lowest BCUT2D eigenvalue weighted by Gasteiger charge is -2.32. The zero-order valence-corrected chi connectivity index (χ0v) is 16.2. The largest absolute Gasteiger partial charge is 0.459 e. The van der Waals surface area contributed by atoms with E-state index in [0.717, 1.165) is 0 Å². The smallest absolute Gasteiger partial charge is 0.341 e. The Morgan fingerprint density at radius 3 is 2.52 bits per heavy atom. The van der Waals surface area contributed by atoms with Gasteiger partial charge >= 0.3 is 11.9 Å². The quantitative estimate of drug-likeness (QED) is 0.469. The van der Waals surface area contributed by atoms with Crippen molar-refractivity contribution in [1.29, 1.82) is 0 Å². The van der Waals surface area contributed by atoms with E-state index in [-0.39, 0.29) is 24.4 Å². The summed E-state index contributed by atoms with van der Waals surface area (Å²) < 4.78 is 16.4. The Hall–Kier alpha value is -1.77. The van der Waals surface area contributed by atoms with Crippen LogP contribution in [-0.4, -0.2) is 77.9 Å². The maximum Gasteiger partial charge on any atom is 0.341 e. The molecule has 0 aromatic heterocycles. The van der Waals surface area contributed by atoms with Gasteiger partial charge in [-0.15, -0.1) is 0 Å². The fourth-order valence-corrected chi connectivity index (χ4v) is 3.54. The predicted octanol–water partition coefficient (Wildman–Crippen LogP) is 0.221. The predicted molar refractivity (Wildman–Crippen MR) is 93.7 cm³/mol. The first kappa shape index (κ1) is 20.0. The molecule has 0 aliphatic carbocycles. The second-order valence-electron chi connectivity index (χ2n) is 8.02. The number of nitrogens with zero attached hydrogens (tertiary/aromatic N) is 1. The number of likely N-dealkylation sites (N-methyl/N-ethyl adjacent to an activating group) is 1. The molecule has 8 nitrogen and oxygen atoms in total. The molecule has 1 N–H and O–H groups in total. The minimum atomic E-state index is -1.82. The summed E-state index contributed by atoms with van der Waals surface area (Å²) in [5.41, 5.74) is -2.81. The monoisotopic (exact) mass is 381 g/mol. The molecule has 0 unspecified atom stereocenters. The number of epoxide rings is 1. The van der Waals surface area contributed by atoms with Gasteiger partial charge < -0.3 is 24.2 Å². The van der Waals surface area contributed by atoms with Crippen LogP contribution in [0.4, 0.5) is 0 Å². The highest BCUT2D eigenvalue weighted by molar-refractivity contribution is 6.01. The van der Waals surface area contributed by atoms with Crippen LogP contribution in [0.2, 0.25) is 0 Å². The standard InChI is InChI=1S/C19H27NO7/c1-11-9-19(12(2)27-19)17(23)26-14-6-8-20(4)7-5-13(15(14)21)10-25-16(22)18(11,3)24/h5,11-12,14,24H,6-10H2,1-4H3/b13-5+/t11-,12-,14-,18-,19-/m1/s1. The lowest BCUT2D eigenvalue weighted by Crippen LogP contribution is -2.48. The maximum absolute atomic E-state index is 12.9. The first-order chi connectivity index (χ1) is 12.6. The SMILES string of the molecule is C[C@@H]1C[C@]2(O[C@@H]2C)C(=O)O[C@@H]2CCN(C)C/C=C(\COC(=O)[C@]1(C)O)C2=O. The Morgan fingerprint density at radius 2 is 1.89 bits per heavy atom. The van der Waals surface area contributed by atoms with Crippen LogP contribution in [0.15, 0.2) is 11.6 Å². The van der Waals surface area contributed by atoms with Gasteiger partial charge in [0, 0.05) is 25.1 Å². The number of hydrogen-bond acceptors (Lipinski definition) is 8. The molecular weight excluding hydrogens is 354 g/mol. The summed E-state index contributed by atoms with van der Waals surface area (Å²) in [6.07, 6.45) is 0.756. The third-order valence-corrected chi connectivity index (χ3v) is 5.95. The second-order valence-corrected chi connectivity index (χ2v) is 8.02. The van der Waals surface area contributed by atoms with Crippen molar-refractivity contribution in [3.8, 4) is 0 Å². The summed E-state index contributed by atoms with van der Waals surface area (Å²) in [4.78, 5) is 40.2. The third kappa shape index (κ3) is 3.66. The highest BCUT2D eigenvalue weighted by atomic mass is 16.7. The molecule has 0 amide bonds. The molecule has 2 saturated heterocycles. The van der Waals surface area contributed by atoms with E-state index in [9.17, 15) is 19.5 Å². The molecule has 8 heteroatoms. The number of aliphatic hydroxyl groups is 1. The molecule has 3 aliphatic heterocycles.